The molecule has 0 aliphatic carbocycles. The van der Waals surface area contributed by atoms with Gasteiger partial charge >= 0.3 is 5.97 Å². The number of nitrogens with zero attached hydrogens (tertiary/aromatic N) is 2. The van der Waals surface area contributed by atoms with E-state index in [1.165, 1.54) is 11.0 Å². The second-order valence-electron chi connectivity index (χ2n) is 6.11. The Morgan fingerprint density at radius 2 is 1.92 bits per heavy atom. The number of halogens is 2. The molecule has 0 bridgehead atoms. The zero-order valence-corrected chi connectivity index (χ0v) is 12.7. The third kappa shape index (κ3) is 2.95. The second-order valence-corrected chi connectivity index (χ2v) is 6.11. The first-order valence-electron chi connectivity index (χ1n) is 7.64. The van der Waals surface area contributed by atoms with E-state index < -0.39 is 35.3 Å². The molecule has 1 aromatic carbocycles. The molecular weight excluding hydrogens is 322 g/mol. The van der Waals surface area contributed by atoms with Gasteiger partial charge < -0.3 is 14.9 Å². The normalized spacial score (nSPS) is 23.8. The number of carbonyl (C=O) groups is 3. The molecule has 6 nitrogen and oxygen atoms in total. The molecule has 128 valence electrons. The number of likely N-dealkylation sites (tertiary alicyclic amines) is 1. The van der Waals surface area contributed by atoms with Gasteiger partial charge in [0.1, 0.15) is 11.6 Å². The van der Waals surface area contributed by atoms with Crippen molar-refractivity contribution < 1.29 is 28.3 Å². The minimum Gasteiger partial charge on any atom is -0.481 e. The lowest BCUT2D eigenvalue weighted by Gasteiger charge is -2.21. The molecule has 0 aromatic heterocycles. The van der Waals surface area contributed by atoms with Crippen LogP contribution in [-0.4, -0.2) is 47.4 Å². The molecule has 0 saturated carbocycles. The van der Waals surface area contributed by atoms with Crippen molar-refractivity contribution in [3.8, 4) is 0 Å². The lowest BCUT2D eigenvalue weighted by atomic mass is 10.1. The van der Waals surface area contributed by atoms with Crippen LogP contribution in [0.1, 0.15) is 12.8 Å². The van der Waals surface area contributed by atoms with Crippen LogP contribution in [0.3, 0.4) is 0 Å². The Kier molecular flexibility index (Phi) is 4.21. The number of hydrogen-bond donors (Lipinski definition) is 1. The summed E-state index contributed by atoms with van der Waals surface area (Å²) in [7, 11) is 0. The summed E-state index contributed by atoms with van der Waals surface area (Å²) in [5.74, 6) is -4.48. The number of anilines is 1. The van der Waals surface area contributed by atoms with Crippen LogP contribution in [0, 0.1) is 23.5 Å². The highest BCUT2D eigenvalue weighted by atomic mass is 19.1. The fraction of sp³-hybridized carbons (Fsp3) is 0.438. The van der Waals surface area contributed by atoms with Crippen molar-refractivity contribution in [2.45, 2.75) is 12.8 Å². The molecule has 3 rings (SSSR count). The van der Waals surface area contributed by atoms with Crippen molar-refractivity contribution >= 4 is 23.5 Å². The molecule has 1 aromatic rings. The molecule has 0 radical (unpaired) electrons. The van der Waals surface area contributed by atoms with Gasteiger partial charge in [0.25, 0.3) is 0 Å². The van der Waals surface area contributed by atoms with Crippen LogP contribution in [0.15, 0.2) is 18.2 Å². The molecule has 8 heteroatoms. The molecule has 0 spiro atoms. The Balaban J connectivity index is 1.70. The maximum absolute atomic E-state index is 13.9. The quantitative estimate of drug-likeness (QED) is 0.900. The van der Waals surface area contributed by atoms with Crippen LogP contribution >= 0.6 is 0 Å². The monoisotopic (exact) mass is 338 g/mol. The van der Waals surface area contributed by atoms with Gasteiger partial charge in [-0.3, -0.25) is 14.4 Å². The first kappa shape index (κ1) is 16.4. The lowest BCUT2D eigenvalue weighted by molar-refractivity contribution is -0.141. The van der Waals surface area contributed by atoms with Gasteiger partial charge in [0, 0.05) is 32.1 Å². The first-order chi connectivity index (χ1) is 11.4. The van der Waals surface area contributed by atoms with Crippen molar-refractivity contribution in [3.63, 3.8) is 0 Å². The van der Waals surface area contributed by atoms with Crippen molar-refractivity contribution in [1.29, 1.82) is 0 Å². The predicted octanol–water partition coefficient (Wildman–Crippen LogP) is 1.25. The number of carbonyl (C=O) groups excluding carboxylic acids is 2. The van der Waals surface area contributed by atoms with Gasteiger partial charge in [-0.25, -0.2) is 8.78 Å². The standard InChI is InChI=1S/C16H16F2N2O4/c17-11-1-2-13(12(18)6-11)20-8-10(5-14(20)21)15(22)19-4-3-9(7-19)16(23)24/h1-2,6,9-10H,3-5,7-8H2,(H,23,24)/t9-,10-/m1/s1. The third-order valence-corrected chi connectivity index (χ3v) is 4.52. The van der Waals surface area contributed by atoms with E-state index in [0.29, 0.717) is 19.0 Å². The highest BCUT2D eigenvalue weighted by Gasteiger charge is 2.40. The molecule has 2 aliphatic rings. The summed E-state index contributed by atoms with van der Waals surface area (Å²) in [6.45, 7) is 0.476. The van der Waals surface area contributed by atoms with E-state index in [-0.39, 0.29) is 31.1 Å². The average molecular weight is 338 g/mol. The van der Waals surface area contributed by atoms with Crippen LogP contribution in [0.4, 0.5) is 14.5 Å². The van der Waals surface area contributed by atoms with E-state index in [1.807, 2.05) is 0 Å². The Hall–Kier alpha value is -2.51. The molecular formula is C16H16F2N2O4. The molecule has 24 heavy (non-hydrogen) atoms. The van der Waals surface area contributed by atoms with E-state index in [1.54, 1.807) is 0 Å². The smallest absolute Gasteiger partial charge is 0.308 e. The van der Waals surface area contributed by atoms with Crippen LogP contribution in [-0.2, 0) is 14.4 Å². The Bertz CT molecular complexity index is 709. The number of amides is 2. The van der Waals surface area contributed by atoms with Crippen LogP contribution in [0.5, 0.6) is 0 Å². The third-order valence-electron chi connectivity index (χ3n) is 4.52. The summed E-state index contributed by atoms with van der Waals surface area (Å²) < 4.78 is 26.8. The summed E-state index contributed by atoms with van der Waals surface area (Å²) in [6, 6.07) is 2.92. The van der Waals surface area contributed by atoms with E-state index in [4.69, 9.17) is 5.11 Å². The van der Waals surface area contributed by atoms with Crippen molar-refractivity contribution in [3.05, 3.63) is 29.8 Å². The molecule has 2 heterocycles. The number of hydrogen-bond acceptors (Lipinski definition) is 3. The Morgan fingerprint density at radius 1 is 1.17 bits per heavy atom. The van der Waals surface area contributed by atoms with Crippen molar-refractivity contribution in [1.82, 2.24) is 4.90 Å². The number of aliphatic carboxylic acids is 1. The SMILES string of the molecule is O=C(O)[C@@H]1CCN(C(=O)[C@@H]2CC(=O)N(c3ccc(F)cc3F)C2)C1. The zero-order chi connectivity index (χ0) is 17.4. The summed E-state index contributed by atoms with van der Waals surface area (Å²) >= 11 is 0. The summed E-state index contributed by atoms with van der Waals surface area (Å²) in [4.78, 5) is 38.2. The first-order valence-corrected chi connectivity index (χ1v) is 7.64. The molecule has 2 amide bonds. The van der Waals surface area contributed by atoms with Gasteiger partial charge in [-0.2, -0.15) is 0 Å². The molecule has 1 N–H and O–H groups in total. The van der Waals surface area contributed by atoms with Gasteiger partial charge in [0.15, 0.2) is 0 Å². The van der Waals surface area contributed by atoms with E-state index in [9.17, 15) is 23.2 Å². The van der Waals surface area contributed by atoms with Gasteiger partial charge in [0.2, 0.25) is 11.8 Å². The Labute approximate surface area is 136 Å². The van der Waals surface area contributed by atoms with Gasteiger partial charge in [0.05, 0.1) is 17.5 Å². The largest absolute Gasteiger partial charge is 0.481 e. The summed E-state index contributed by atoms with van der Waals surface area (Å²) in [5.41, 5.74) is -0.0541. The molecule has 2 aliphatic heterocycles. The van der Waals surface area contributed by atoms with E-state index in [0.717, 1.165) is 11.0 Å². The number of rotatable bonds is 3. The molecule has 2 fully saturated rings. The maximum atomic E-state index is 13.9. The van der Waals surface area contributed by atoms with Crippen molar-refractivity contribution in [2.24, 2.45) is 11.8 Å². The second kappa shape index (κ2) is 6.18. The van der Waals surface area contributed by atoms with Crippen LogP contribution < -0.4 is 4.90 Å². The van der Waals surface area contributed by atoms with E-state index in [2.05, 4.69) is 0 Å². The Morgan fingerprint density at radius 3 is 2.54 bits per heavy atom. The van der Waals surface area contributed by atoms with Crippen molar-refractivity contribution in [2.75, 3.05) is 24.5 Å². The number of carboxylic acid groups (broad SMARTS) is 1. The van der Waals surface area contributed by atoms with E-state index >= 15 is 0 Å². The minimum absolute atomic E-state index is 0.00839. The van der Waals surface area contributed by atoms with Crippen LogP contribution in [0.25, 0.3) is 0 Å². The zero-order valence-electron chi connectivity index (χ0n) is 12.7. The maximum Gasteiger partial charge on any atom is 0.308 e. The summed E-state index contributed by atoms with van der Waals surface area (Å²) in [5, 5.41) is 8.99. The molecule has 0 unspecified atom stereocenters. The minimum atomic E-state index is -0.942. The lowest BCUT2D eigenvalue weighted by Crippen LogP contribution is -2.36. The summed E-state index contributed by atoms with van der Waals surface area (Å²) in [6.07, 6.45) is 0.321. The molecule has 2 atom stereocenters. The predicted molar refractivity (Wildman–Crippen MR) is 79.1 cm³/mol. The fourth-order valence-electron chi connectivity index (χ4n) is 3.23. The average Bonchev–Trinajstić information content (AvgIpc) is 3.14. The van der Waals surface area contributed by atoms with Gasteiger partial charge in [-0.05, 0) is 18.6 Å². The number of benzene rings is 1. The highest BCUT2D eigenvalue weighted by molar-refractivity contribution is 6.00. The van der Waals surface area contributed by atoms with Gasteiger partial charge in [-0.15, -0.1) is 0 Å². The molecule has 2 saturated heterocycles. The topological polar surface area (TPSA) is 77.9 Å². The fourth-order valence-corrected chi connectivity index (χ4v) is 3.23. The number of carboxylic acids is 1. The van der Waals surface area contributed by atoms with Gasteiger partial charge in [-0.1, -0.05) is 0 Å². The van der Waals surface area contributed by atoms with Crippen LogP contribution in [0.2, 0.25) is 0 Å². The highest BCUT2D eigenvalue weighted by Crippen LogP contribution is 2.30.